The molecular weight excluding hydrogens is 270 g/mol. The molecule has 2 heterocycles. The predicted octanol–water partition coefficient (Wildman–Crippen LogP) is 0.320. The fourth-order valence-electron chi connectivity index (χ4n) is 2.44. The molecule has 1 fully saturated rings. The van der Waals surface area contributed by atoms with Gasteiger partial charge in [0.25, 0.3) is 0 Å². The van der Waals surface area contributed by atoms with Crippen molar-refractivity contribution in [3.8, 4) is 0 Å². The SMILES string of the molecule is CCN(C(=O)C(C)N1CCOCC1)c1cnc(N)c(N)c1. The zero-order valence-electron chi connectivity index (χ0n) is 12.6. The molecule has 1 aliphatic heterocycles. The van der Waals surface area contributed by atoms with Crippen LogP contribution in [0.15, 0.2) is 12.3 Å². The van der Waals surface area contributed by atoms with E-state index in [1.165, 1.54) is 0 Å². The molecule has 21 heavy (non-hydrogen) atoms. The van der Waals surface area contributed by atoms with E-state index in [2.05, 4.69) is 9.88 Å². The van der Waals surface area contributed by atoms with Crippen molar-refractivity contribution >= 4 is 23.1 Å². The Kier molecular flexibility index (Phi) is 4.98. The third-order valence-corrected chi connectivity index (χ3v) is 3.78. The summed E-state index contributed by atoms with van der Waals surface area (Å²) in [4.78, 5) is 20.6. The van der Waals surface area contributed by atoms with Crippen LogP contribution in [0.3, 0.4) is 0 Å². The van der Waals surface area contributed by atoms with Crippen LogP contribution in [0.1, 0.15) is 13.8 Å². The van der Waals surface area contributed by atoms with Gasteiger partial charge in [0, 0.05) is 19.6 Å². The number of ether oxygens (including phenoxy) is 1. The number of pyridine rings is 1. The van der Waals surface area contributed by atoms with Crippen molar-refractivity contribution in [3.63, 3.8) is 0 Å². The van der Waals surface area contributed by atoms with Gasteiger partial charge in [-0.25, -0.2) is 4.98 Å². The zero-order chi connectivity index (χ0) is 15.4. The quantitative estimate of drug-likeness (QED) is 0.829. The van der Waals surface area contributed by atoms with Crippen LogP contribution in [0.5, 0.6) is 0 Å². The third-order valence-electron chi connectivity index (χ3n) is 3.78. The molecule has 7 nitrogen and oxygen atoms in total. The molecule has 1 unspecified atom stereocenters. The Balaban J connectivity index is 2.15. The molecule has 116 valence electrons. The number of nitrogens with zero attached hydrogens (tertiary/aromatic N) is 3. The minimum atomic E-state index is -0.201. The van der Waals surface area contributed by atoms with Gasteiger partial charge in [-0.05, 0) is 19.9 Å². The molecule has 0 bridgehead atoms. The first-order valence-corrected chi connectivity index (χ1v) is 7.18. The van der Waals surface area contributed by atoms with Crippen molar-refractivity contribution < 1.29 is 9.53 Å². The summed E-state index contributed by atoms with van der Waals surface area (Å²) < 4.78 is 5.32. The minimum absolute atomic E-state index is 0.0328. The number of hydrogen-bond donors (Lipinski definition) is 2. The van der Waals surface area contributed by atoms with Gasteiger partial charge in [-0.3, -0.25) is 9.69 Å². The molecule has 1 aliphatic rings. The number of rotatable bonds is 4. The molecule has 4 N–H and O–H groups in total. The smallest absolute Gasteiger partial charge is 0.244 e. The van der Waals surface area contributed by atoms with E-state index in [-0.39, 0.29) is 17.8 Å². The van der Waals surface area contributed by atoms with Crippen LogP contribution in [0.2, 0.25) is 0 Å². The van der Waals surface area contributed by atoms with Crippen molar-refractivity contribution in [1.82, 2.24) is 9.88 Å². The third kappa shape index (κ3) is 3.43. The molecule has 0 radical (unpaired) electrons. The monoisotopic (exact) mass is 293 g/mol. The highest BCUT2D eigenvalue weighted by Gasteiger charge is 2.27. The van der Waals surface area contributed by atoms with E-state index in [1.54, 1.807) is 17.2 Å². The summed E-state index contributed by atoms with van der Waals surface area (Å²) in [7, 11) is 0. The highest BCUT2D eigenvalue weighted by atomic mass is 16.5. The van der Waals surface area contributed by atoms with Gasteiger partial charge in [-0.1, -0.05) is 0 Å². The average molecular weight is 293 g/mol. The number of carbonyl (C=O) groups excluding carboxylic acids is 1. The Bertz CT molecular complexity index is 502. The molecule has 0 spiro atoms. The van der Waals surface area contributed by atoms with Crippen LogP contribution in [-0.2, 0) is 9.53 Å². The van der Waals surface area contributed by atoms with E-state index in [4.69, 9.17) is 16.2 Å². The van der Waals surface area contributed by atoms with Crippen LogP contribution in [0, 0.1) is 0 Å². The van der Waals surface area contributed by atoms with E-state index in [9.17, 15) is 4.79 Å². The van der Waals surface area contributed by atoms with Gasteiger partial charge in [0.2, 0.25) is 5.91 Å². The second-order valence-corrected chi connectivity index (χ2v) is 5.07. The number of aromatic nitrogens is 1. The molecule has 0 aliphatic carbocycles. The largest absolute Gasteiger partial charge is 0.396 e. The zero-order valence-corrected chi connectivity index (χ0v) is 12.6. The molecular formula is C14H23N5O2. The second kappa shape index (κ2) is 6.73. The summed E-state index contributed by atoms with van der Waals surface area (Å²) in [5.41, 5.74) is 12.5. The van der Waals surface area contributed by atoms with Crippen LogP contribution in [0.25, 0.3) is 0 Å². The summed E-state index contributed by atoms with van der Waals surface area (Å²) in [6.45, 7) is 7.28. The Hall–Kier alpha value is -1.86. The van der Waals surface area contributed by atoms with Gasteiger partial charge >= 0.3 is 0 Å². The number of anilines is 3. The highest BCUT2D eigenvalue weighted by Crippen LogP contribution is 2.22. The fraction of sp³-hybridized carbons (Fsp3) is 0.571. The number of amides is 1. The van der Waals surface area contributed by atoms with E-state index in [0.717, 1.165) is 13.1 Å². The Morgan fingerprint density at radius 3 is 2.71 bits per heavy atom. The van der Waals surface area contributed by atoms with Gasteiger partial charge < -0.3 is 21.1 Å². The Labute approximate surface area is 124 Å². The molecule has 2 rings (SSSR count). The highest BCUT2D eigenvalue weighted by molar-refractivity contribution is 5.97. The maximum Gasteiger partial charge on any atom is 0.244 e. The molecule has 0 aromatic carbocycles. The lowest BCUT2D eigenvalue weighted by molar-refractivity contribution is -0.124. The first-order chi connectivity index (χ1) is 10.0. The van der Waals surface area contributed by atoms with Crippen LogP contribution in [-0.4, -0.2) is 54.7 Å². The summed E-state index contributed by atoms with van der Waals surface area (Å²) in [5.74, 6) is 0.314. The van der Waals surface area contributed by atoms with Crippen LogP contribution >= 0.6 is 0 Å². The average Bonchev–Trinajstić information content (AvgIpc) is 2.51. The van der Waals surface area contributed by atoms with E-state index >= 15 is 0 Å². The van der Waals surface area contributed by atoms with E-state index in [1.807, 2.05) is 13.8 Å². The van der Waals surface area contributed by atoms with Crippen molar-refractivity contribution in [3.05, 3.63) is 12.3 Å². The normalized spacial score (nSPS) is 17.4. The number of hydrogen-bond acceptors (Lipinski definition) is 6. The van der Waals surface area contributed by atoms with Crippen LogP contribution in [0.4, 0.5) is 17.2 Å². The number of likely N-dealkylation sites (N-methyl/N-ethyl adjacent to an activating group) is 1. The van der Waals surface area contributed by atoms with Crippen molar-refractivity contribution in [2.45, 2.75) is 19.9 Å². The molecule has 7 heteroatoms. The number of nitrogen functional groups attached to an aromatic ring is 2. The van der Waals surface area contributed by atoms with E-state index < -0.39 is 0 Å². The maximum atomic E-state index is 12.7. The summed E-state index contributed by atoms with van der Waals surface area (Å²) in [5, 5.41) is 0. The summed E-state index contributed by atoms with van der Waals surface area (Å²) >= 11 is 0. The fourth-order valence-corrected chi connectivity index (χ4v) is 2.44. The lowest BCUT2D eigenvalue weighted by Crippen LogP contribution is -2.51. The van der Waals surface area contributed by atoms with Gasteiger partial charge in [0.15, 0.2) is 0 Å². The molecule has 1 amide bonds. The Morgan fingerprint density at radius 1 is 1.48 bits per heavy atom. The van der Waals surface area contributed by atoms with E-state index in [0.29, 0.717) is 31.1 Å². The second-order valence-electron chi connectivity index (χ2n) is 5.07. The van der Waals surface area contributed by atoms with Gasteiger partial charge in [-0.2, -0.15) is 0 Å². The van der Waals surface area contributed by atoms with Crippen molar-refractivity contribution in [2.24, 2.45) is 0 Å². The molecule has 1 saturated heterocycles. The van der Waals surface area contributed by atoms with Gasteiger partial charge in [-0.15, -0.1) is 0 Å². The number of carbonyl (C=O) groups is 1. The summed E-state index contributed by atoms with van der Waals surface area (Å²) in [6.07, 6.45) is 1.58. The van der Waals surface area contributed by atoms with Crippen LogP contribution < -0.4 is 16.4 Å². The molecule has 1 aromatic heterocycles. The topological polar surface area (TPSA) is 97.7 Å². The maximum absolute atomic E-state index is 12.7. The number of nitrogens with two attached hydrogens (primary N) is 2. The standard InChI is InChI=1S/C14H23N5O2/c1-3-19(11-8-12(15)13(16)17-9-11)14(20)10(2)18-4-6-21-7-5-18/h8-10H,3-7,15H2,1-2H3,(H2,16,17). The minimum Gasteiger partial charge on any atom is -0.396 e. The predicted molar refractivity (Wildman–Crippen MR) is 82.9 cm³/mol. The van der Waals surface area contributed by atoms with Crippen molar-refractivity contribution in [1.29, 1.82) is 0 Å². The number of morpholine rings is 1. The van der Waals surface area contributed by atoms with Gasteiger partial charge in [0.05, 0.1) is 36.8 Å². The molecule has 1 atom stereocenters. The Morgan fingerprint density at radius 2 is 2.14 bits per heavy atom. The summed E-state index contributed by atoms with van der Waals surface area (Å²) in [6, 6.07) is 1.49. The van der Waals surface area contributed by atoms with Gasteiger partial charge in [0.1, 0.15) is 5.82 Å². The molecule has 0 saturated carbocycles. The molecule has 1 aromatic rings. The lowest BCUT2D eigenvalue weighted by Gasteiger charge is -2.34. The van der Waals surface area contributed by atoms with Crippen molar-refractivity contribution in [2.75, 3.05) is 49.2 Å². The first kappa shape index (κ1) is 15.5. The first-order valence-electron chi connectivity index (χ1n) is 7.18. The lowest BCUT2D eigenvalue weighted by atomic mass is 10.2.